The molecule has 0 saturated heterocycles. The van der Waals surface area contributed by atoms with Gasteiger partial charge in [0.15, 0.2) is 5.16 Å². The number of carbonyl (C=O) groups is 1. The molecule has 0 bridgehead atoms. The summed E-state index contributed by atoms with van der Waals surface area (Å²) in [6.07, 6.45) is 0. The van der Waals surface area contributed by atoms with Gasteiger partial charge in [0.1, 0.15) is 10.4 Å². The van der Waals surface area contributed by atoms with Crippen molar-refractivity contribution in [3.8, 4) is 5.75 Å². The van der Waals surface area contributed by atoms with Gasteiger partial charge in [0.05, 0.1) is 28.5 Å². The number of non-ortho nitro benzene ring substituents is 1. The monoisotopic (exact) mass is 420 g/mol. The van der Waals surface area contributed by atoms with Crippen LogP contribution >= 0.6 is 23.1 Å². The van der Waals surface area contributed by atoms with Gasteiger partial charge in [-0.05, 0) is 24.4 Å². The molecule has 1 atom stereocenters. The number of nitrogens with zero attached hydrogens (tertiary/aromatic N) is 3. The Bertz CT molecular complexity index is 1120. The average Bonchev–Trinajstić information content (AvgIpc) is 3.14. The van der Waals surface area contributed by atoms with Gasteiger partial charge in [0.2, 0.25) is 5.91 Å². The van der Waals surface area contributed by atoms with Crippen LogP contribution in [0.3, 0.4) is 0 Å². The number of fused-ring (bicyclic) bond motifs is 1. The molecule has 1 aromatic carbocycles. The molecular formula is C17H16N4O5S2. The zero-order valence-corrected chi connectivity index (χ0v) is 16.8. The van der Waals surface area contributed by atoms with Gasteiger partial charge in [-0.2, -0.15) is 0 Å². The van der Waals surface area contributed by atoms with Crippen molar-refractivity contribution in [1.82, 2.24) is 9.55 Å². The topological polar surface area (TPSA) is 116 Å². The van der Waals surface area contributed by atoms with Crippen LogP contribution in [0.2, 0.25) is 0 Å². The Morgan fingerprint density at radius 2 is 2.18 bits per heavy atom. The van der Waals surface area contributed by atoms with E-state index in [-0.39, 0.29) is 16.9 Å². The summed E-state index contributed by atoms with van der Waals surface area (Å²) in [5, 5.41) is 15.2. The highest BCUT2D eigenvalue weighted by Crippen LogP contribution is 2.30. The fourth-order valence-corrected chi connectivity index (χ4v) is 4.11. The standard InChI is InChI=1S/C17H16N4O5S2/c1-9(28-17-19-11-6-7-27-14(11)16(23)20(17)2)15(22)18-12-8-10(21(24)25)4-5-13(12)26-3/h4-9H,1-3H3,(H,18,22). The number of anilines is 1. The molecule has 0 aliphatic rings. The Balaban J connectivity index is 1.82. The van der Waals surface area contributed by atoms with Crippen LogP contribution in [0.5, 0.6) is 5.75 Å². The van der Waals surface area contributed by atoms with E-state index in [1.807, 2.05) is 0 Å². The van der Waals surface area contributed by atoms with Crippen LogP contribution in [0.4, 0.5) is 11.4 Å². The van der Waals surface area contributed by atoms with E-state index in [1.54, 1.807) is 25.4 Å². The first-order valence-electron chi connectivity index (χ1n) is 8.06. The van der Waals surface area contributed by atoms with Crippen molar-refractivity contribution in [2.45, 2.75) is 17.3 Å². The summed E-state index contributed by atoms with van der Waals surface area (Å²) in [7, 11) is 3.01. The molecule has 0 saturated carbocycles. The Labute approximate surface area is 167 Å². The first kappa shape index (κ1) is 19.8. The summed E-state index contributed by atoms with van der Waals surface area (Å²) < 4.78 is 7.12. The number of hydrogen-bond acceptors (Lipinski definition) is 8. The van der Waals surface area contributed by atoms with E-state index in [1.165, 1.54) is 41.2 Å². The molecule has 2 aromatic heterocycles. The maximum absolute atomic E-state index is 12.6. The molecule has 11 heteroatoms. The quantitative estimate of drug-likeness (QED) is 0.282. The highest BCUT2D eigenvalue weighted by atomic mass is 32.2. The number of nitro benzene ring substituents is 1. The van der Waals surface area contributed by atoms with E-state index in [2.05, 4.69) is 10.3 Å². The van der Waals surface area contributed by atoms with E-state index in [0.717, 1.165) is 11.8 Å². The first-order valence-corrected chi connectivity index (χ1v) is 9.82. The average molecular weight is 420 g/mol. The SMILES string of the molecule is COc1ccc([N+](=O)[O-])cc1NC(=O)C(C)Sc1nc2ccsc2c(=O)n1C. The van der Waals surface area contributed by atoms with Crippen LogP contribution in [0, 0.1) is 10.1 Å². The third-order valence-corrected chi connectivity index (χ3v) is 5.98. The lowest BCUT2D eigenvalue weighted by atomic mass is 10.2. The van der Waals surface area contributed by atoms with Crippen LogP contribution in [0.25, 0.3) is 10.2 Å². The lowest BCUT2D eigenvalue weighted by molar-refractivity contribution is -0.384. The number of benzene rings is 1. The smallest absolute Gasteiger partial charge is 0.271 e. The fraction of sp³-hybridized carbons (Fsp3) is 0.235. The van der Waals surface area contributed by atoms with Gasteiger partial charge in [-0.1, -0.05) is 11.8 Å². The molecular weight excluding hydrogens is 404 g/mol. The van der Waals surface area contributed by atoms with E-state index in [9.17, 15) is 19.7 Å². The summed E-state index contributed by atoms with van der Waals surface area (Å²) in [6, 6.07) is 5.70. The predicted octanol–water partition coefficient (Wildman–Crippen LogP) is 3.03. The summed E-state index contributed by atoms with van der Waals surface area (Å²) in [5.74, 6) is -0.0927. The number of carbonyl (C=O) groups excluding carboxylic acids is 1. The molecule has 1 N–H and O–H groups in total. The molecule has 9 nitrogen and oxygen atoms in total. The maximum atomic E-state index is 12.6. The van der Waals surface area contributed by atoms with Crippen molar-refractivity contribution >= 4 is 50.6 Å². The van der Waals surface area contributed by atoms with Gasteiger partial charge < -0.3 is 10.1 Å². The zero-order valence-electron chi connectivity index (χ0n) is 15.2. The summed E-state index contributed by atoms with van der Waals surface area (Å²) in [5.41, 5.74) is 0.451. The second-order valence-electron chi connectivity index (χ2n) is 5.78. The third-order valence-electron chi connectivity index (χ3n) is 3.95. The summed E-state index contributed by atoms with van der Waals surface area (Å²) >= 11 is 2.44. The van der Waals surface area contributed by atoms with E-state index in [4.69, 9.17) is 4.74 Å². The number of ether oxygens (including phenoxy) is 1. The first-order chi connectivity index (χ1) is 13.3. The molecule has 28 heavy (non-hydrogen) atoms. The number of thiophene rings is 1. The highest BCUT2D eigenvalue weighted by Gasteiger charge is 2.21. The maximum Gasteiger partial charge on any atom is 0.271 e. The predicted molar refractivity (Wildman–Crippen MR) is 108 cm³/mol. The van der Waals surface area contributed by atoms with E-state index < -0.39 is 16.1 Å². The number of hydrogen-bond donors (Lipinski definition) is 1. The summed E-state index contributed by atoms with van der Waals surface area (Å²) in [4.78, 5) is 39.8. The normalized spacial score (nSPS) is 12.0. The third kappa shape index (κ3) is 3.85. The van der Waals surface area contributed by atoms with Crippen molar-refractivity contribution in [1.29, 1.82) is 0 Å². The lowest BCUT2D eigenvalue weighted by Crippen LogP contribution is -2.25. The van der Waals surface area contributed by atoms with Crippen molar-refractivity contribution in [3.05, 3.63) is 50.1 Å². The second-order valence-corrected chi connectivity index (χ2v) is 8.01. The molecule has 146 valence electrons. The number of methoxy groups -OCH3 is 1. The van der Waals surface area contributed by atoms with Crippen LogP contribution in [-0.4, -0.2) is 32.7 Å². The zero-order chi connectivity index (χ0) is 20.4. The van der Waals surface area contributed by atoms with Gasteiger partial charge in [0, 0.05) is 19.2 Å². The molecule has 1 amide bonds. The minimum atomic E-state index is -0.613. The van der Waals surface area contributed by atoms with Crippen molar-refractivity contribution < 1.29 is 14.5 Å². The van der Waals surface area contributed by atoms with Crippen molar-refractivity contribution in [2.75, 3.05) is 12.4 Å². The number of rotatable bonds is 6. The second kappa shape index (κ2) is 7.98. The molecule has 0 aliphatic heterocycles. The largest absolute Gasteiger partial charge is 0.495 e. The Morgan fingerprint density at radius 3 is 2.86 bits per heavy atom. The number of thioether (sulfide) groups is 1. The molecule has 0 radical (unpaired) electrons. The van der Waals surface area contributed by atoms with Gasteiger partial charge in [0.25, 0.3) is 11.2 Å². The molecule has 1 unspecified atom stereocenters. The molecule has 3 aromatic rings. The van der Waals surface area contributed by atoms with E-state index in [0.29, 0.717) is 21.1 Å². The molecule has 3 rings (SSSR count). The van der Waals surface area contributed by atoms with Crippen molar-refractivity contribution in [3.63, 3.8) is 0 Å². The van der Waals surface area contributed by atoms with Crippen LogP contribution in [-0.2, 0) is 11.8 Å². The molecule has 0 aliphatic carbocycles. The minimum absolute atomic E-state index is 0.164. The molecule has 0 spiro atoms. The van der Waals surface area contributed by atoms with Crippen LogP contribution < -0.4 is 15.6 Å². The number of amides is 1. The minimum Gasteiger partial charge on any atom is -0.495 e. The van der Waals surface area contributed by atoms with Crippen molar-refractivity contribution in [2.24, 2.45) is 7.05 Å². The molecule has 2 heterocycles. The number of nitrogens with one attached hydrogen (secondary N) is 1. The van der Waals surface area contributed by atoms with Gasteiger partial charge in [-0.15, -0.1) is 11.3 Å². The van der Waals surface area contributed by atoms with Gasteiger partial charge in [-0.3, -0.25) is 24.3 Å². The van der Waals surface area contributed by atoms with E-state index >= 15 is 0 Å². The Morgan fingerprint density at radius 1 is 1.43 bits per heavy atom. The van der Waals surface area contributed by atoms with Crippen LogP contribution in [0.15, 0.2) is 39.6 Å². The summed E-state index contributed by atoms with van der Waals surface area (Å²) in [6.45, 7) is 1.66. The highest BCUT2D eigenvalue weighted by molar-refractivity contribution is 8.00. The van der Waals surface area contributed by atoms with Gasteiger partial charge >= 0.3 is 0 Å². The number of nitro groups is 1. The van der Waals surface area contributed by atoms with Gasteiger partial charge in [-0.25, -0.2) is 4.98 Å². The fourth-order valence-electron chi connectivity index (χ4n) is 2.43. The lowest BCUT2D eigenvalue weighted by Gasteiger charge is -2.15. The Kier molecular flexibility index (Phi) is 5.66. The van der Waals surface area contributed by atoms with Crippen LogP contribution in [0.1, 0.15) is 6.92 Å². The molecule has 0 fully saturated rings. The number of aromatic nitrogens is 2. The Hall–Kier alpha value is -2.92.